The fourth-order valence-corrected chi connectivity index (χ4v) is 5.12. The molecule has 5 heteroatoms. The van der Waals surface area contributed by atoms with Crippen LogP contribution in [0.2, 0.25) is 0 Å². The molecule has 28 heavy (non-hydrogen) atoms. The van der Waals surface area contributed by atoms with E-state index in [-0.39, 0.29) is 5.75 Å². The molecule has 0 aliphatic heterocycles. The van der Waals surface area contributed by atoms with Crippen LogP contribution >= 0.6 is 0 Å². The van der Waals surface area contributed by atoms with E-state index in [0.717, 1.165) is 42.8 Å². The van der Waals surface area contributed by atoms with E-state index in [0.29, 0.717) is 5.92 Å². The quantitative estimate of drug-likeness (QED) is 0.488. The summed E-state index contributed by atoms with van der Waals surface area (Å²) in [7, 11) is 1.80. The van der Waals surface area contributed by atoms with Crippen molar-refractivity contribution >= 4 is 0 Å². The maximum atomic E-state index is 12.3. The highest BCUT2D eigenvalue weighted by molar-refractivity contribution is 5.29. The normalized spacial score (nSPS) is 28.9. The van der Waals surface area contributed by atoms with Crippen molar-refractivity contribution in [2.75, 3.05) is 13.7 Å². The minimum Gasteiger partial charge on any atom is -0.406 e. The largest absolute Gasteiger partial charge is 0.573 e. The third-order valence-corrected chi connectivity index (χ3v) is 6.78. The molecule has 0 N–H and O–H groups in total. The maximum absolute atomic E-state index is 12.3. The molecular weight excluding hydrogens is 365 g/mol. The molecule has 0 spiro atoms. The molecule has 2 fully saturated rings. The first-order chi connectivity index (χ1) is 13.4. The van der Waals surface area contributed by atoms with Crippen molar-refractivity contribution in [1.29, 1.82) is 0 Å². The Labute approximate surface area is 166 Å². The number of hydrogen-bond donors (Lipinski definition) is 0. The molecule has 3 rings (SSSR count). The summed E-state index contributed by atoms with van der Waals surface area (Å²) < 4.78 is 46.1. The maximum Gasteiger partial charge on any atom is 0.573 e. The fraction of sp³-hybridized carbons (Fsp3) is 0.739. The Kier molecular flexibility index (Phi) is 7.67. The lowest BCUT2D eigenvalue weighted by molar-refractivity contribution is -0.274. The van der Waals surface area contributed by atoms with Gasteiger partial charge in [-0.05, 0) is 79.9 Å². The van der Waals surface area contributed by atoms with Gasteiger partial charge in [0.05, 0.1) is 0 Å². The van der Waals surface area contributed by atoms with Gasteiger partial charge in [-0.3, -0.25) is 0 Å². The third-order valence-electron chi connectivity index (χ3n) is 6.78. The van der Waals surface area contributed by atoms with Gasteiger partial charge in [-0.15, -0.1) is 13.2 Å². The van der Waals surface area contributed by atoms with E-state index in [1.807, 2.05) is 0 Å². The molecule has 158 valence electrons. The summed E-state index contributed by atoms with van der Waals surface area (Å²) in [5.41, 5.74) is 1.14. The number of halogens is 3. The summed E-state index contributed by atoms with van der Waals surface area (Å²) in [6.07, 6.45) is 8.19. The van der Waals surface area contributed by atoms with Gasteiger partial charge in [0.1, 0.15) is 5.75 Å². The number of benzene rings is 1. The second-order valence-corrected chi connectivity index (χ2v) is 8.75. The van der Waals surface area contributed by atoms with Gasteiger partial charge in [-0.2, -0.15) is 0 Å². The van der Waals surface area contributed by atoms with Crippen LogP contribution in [0.4, 0.5) is 13.2 Å². The van der Waals surface area contributed by atoms with Crippen LogP contribution in [-0.4, -0.2) is 20.1 Å². The smallest absolute Gasteiger partial charge is 0.406 e. The highest BCUT2D eigenvalue weighted by Crippen LogP contribution is 2.40. The van der Waals surface area contributed by atoms with Gasteiger partial charge in [0.15, 0.2) is 0 Å². The molecule has 0 saturated heterocycles. The SMILES string of the molecule is COCC1CCC(CCC2CCC(c3ccc(OC(F)(F)F)cc3)CC2)CC1. The number of ether oxygens (including phenoxy) is 2. The molecule has 2 nitrogen and oxygen atoms in total. The van der Waals surface area contributed by atoms with Gasteiger partial charge in [-0.1, -0.05) is 37.8 Å². The van der Waals surface area contributed by atoms with Crippen molar-refractivity contribution in [3.8, 4) is 5.75 Å². The molecule has 0 amide bonds. The van der Waals surface area contributed by atoms with Crippen LogP contribution in [0.25, 0.3) is 0 Å². The van der Waals surface area contributed by atoms with Crippen LogP contribution < -0.4 is 4.74 Å². The van der Waals surface area contributed by atoms with E-state index in [2.05, 4.69) is 4.74 Å². The van der Waals surface area contributed by atoms with Gasteiger partial charge in [0.2, 0.25) is 0 Å². The number of hydrogen-bond acceptors (Lipinski definition) is 2. The lowest BCUT2D eigenvalue weighted by atomic mass is 9.74. The Balaban J connectivity index is 1.36. The first-order valence-corrected chi connectivity index (χ1v) is 10.8. The van der Waals surface area contributed by atoms with Crippen LogP contribution in [-0.2, 0) is 4.74 Å². The fourth-order valence-electron chi connectivity index (χ4n) is 5.12. The number of alkyl halides is 3. The summed E-state index contributed by atoms with van der Waals surface area (Å²) in [5, 5.41) is 0. The zero-order valence-corrected chi connectivity index (χ0v) is 16.8. The van der Waals surface area contributed by atoms with Crippen molar-refractivity contribution in [1.82, 2.24) is 0 Å². The zero-order chi connectivity index (χ0) is 20.0. The van der Waals surface area contributed by atoms with E-state index in [1.165, 1.54) is 63.5 Å². The Morgan fingerprint density at radius 1 is 0.786 bits per heavy atom. The van der Waals surface area contributed by atoms with Crippen molar-refractivity contribution < 1.29 is 22.6 Å². The molecule has 0 atom stereocenters. The second kappa shape index (κ2) is 10.00. The Hall–Kier alpha value is -1.23. The number of methoxy groups -OCH3 is 1. The molecule has 0 aromatic heterocycles. The summed E-state index contributed by atoms with van der Waals surface area (Å²) in [5.74, 6) is 2.82. The average molecular weight is 399 g/mol. The van der Waals surface area contributed by atoms with Crippen LogP contribution in [0, 0.1) is 17.8 Å². The first-order valence-electron chi connectivity index (χ1n) is 10.8. The van der Waals surface area contributed by atoms with E-state index in [1.54, 1.807) is 19.2 Å². The Morgan fingerprint density at radius 3 is 1.79 bits per heavy atom. The van der Waals surface area contributed by atoms with E-state index < -0.39 is 6.36 Å². The topological polar surface area (TPSA) is 18.5 Å². The molecular formula is C23H33F3O2. The molecule has 0 bridgehead atoms. The second-order valence-electron chi connectivity index (χ2n) is 8.75. The van der Waals surface area contributed by atoms with E-state index >= 15 is 0 Å². The first kappa shape index (κ1) is 21.5. The lowest BCUT2D eigenvalue weighted by Gasteiger charge is -2.32. The molecule has 0 heterocycles. The predicted molar refractivity (Wildman–Crippen MR) is 104 cm³/mol. The molecule has 0 radical (unpaired) electrons. The molecule has 2 aliphatic rings. The van der Waals surface area contributed by atoms with Crippen molar-refractivity contribution in [2.24, 2.45) is 17.8 Å². The van der Waals surface area contributed by atoms with Crippen molar-refractivity contribution in [2.45, 2.75) is 76.5 Å². The van der Waals surface area contributed by atoms with Crippen molar-refractivity contribution in [3.63, 3.8) is 0 Å². The van der Waals surface area contributed by atoms with Crippen LogP contribution in [0.1, 0.15) is 75.7 Å². The highest BCUT2D eigenvalue weighted by Gasteiger charge is 2.31. The summed E-state index contributed by atoms with van der Waals surface area (Å²) in [6.45, 7) is 0.917. The van der Waals surface area contributed by atoms with Gasteiger partial charge >= 0.3 is 6.36 Å². The number of rotatable bonds is 7. The average Bonchev–Trinajstić information content (AvgIpc) is 2.68. The predicted octanol–water partition coefficient (Wildman–Crippen LogP) is 7.09. The van der Waals surface area contributed by atoms with Gasteiger partial charge < -0.3 is 9.47 Å². The zero-order valence-electron chi connectivity index (χ0n) is 16.8. The molecule has 0 unspecified atom stereocenters. The molecule has 2 aliphatic carbocycles. The molecule has 1 aromatic rings. The highest BCUT2D eigenvalue weighted by atomic mass is 19.4. The minimum absolute atomic E-state index is 0.134. The van der Waals surface area contributed by atoms with Crippen LogP contribution in [0.5, 0.6) is 5.75 Å². The minimum atomic E-state index is -4.62. The summed E-state index contributed by atoms with van der Waals surface area (Å²) in [4.78, 5) is 0. The molecule has 1 aromatic carbocycles. The van der Waals surface area contributed by atoms with Gasteiger partial charge in [-0.25, -0.2) is 0 Å². The van der Waals surface area contributed by atoms with Crippen LogP contribution in [0.3, 0.4) is 0 Å². The summed E-state index contributed by atoms with van der Waals surface area (Å²) >= 11 is 0. The third kappa shape index (κ3) is 6.68. The van der Waals surface area contributed by atoms with Gasteiger partial charge in [0.25, 0.3) is 0 Å². The van der Waals surface area contributed by atoms with Crippen molar-refractivity contribution in [3.05, 3.63) is 29.8 Å². The van der Waals surface area contributed by atoms with E-state index in [9.17, 15) is 13.2 Å². The van der Waals surface area contributed by atoms with Crippen LogP contribution in [0.15, 0.2) is 24.3 Å². The van der Waals surface area contributed by atoms with E-state index in [4.69, 9.17) is 4.74 Å². The molecule has 2 saturated carbocycles. The standard InChI is InChI=1S/C23H33F3O2/c1-27-16-19-6-4-17(5-7-19)2-3-18-8-10-20(11-9-18)21-12-14-22(15-13-21)28-23(24,25)26/h12-15,17-20H,2-11,16H2,1H3. The van der Waals surface area contributed by atoms with Gasteiger partial charge in [0, 0.05) is 13.7 Å². The Bertz CT molecular complexity index is 569. The summed E-state index contributed by atoms with van der Waals surface area (Å²) in [6, 6.07) is 6.47. The lowest BCUT2D eigenvalue weighted by Crippen LogP contribution is -2.20. The Morgan fingerprint density at radius 2 is 1.29 bits per heavy atom. The monoisotopic (exact) mass is 398 g/mol.